The molecule has 1 atom stereocenters. The second kappa shape index (κ2) is 5.27. The Hall–Kier alpha value is -1.84. The van der Waals surface area contributed by atoms with E-state index in [9.17, 15) is 9.59 Å². The molecule has 1 heterocycles. The Morgan fingerprint density at radius 1 is 1.20 bits per heavy atom. The molecule has 0 bridgehead atoms. The second-order valence-corrected chi connectivity index (χ2v) is 5.79. The molecule has 2 rings (SSSR count). The Morgan fingerprint density at radius 2 is 1.80 bits per heavy atom. The molecule has 1 aromatic rings. The monoisotopic (exact) mass is 274 g/mol. The van der Waals surface area contributed by atoms with Gasteiger partial charge in [-0.3, -0.25) is 9.59 Å². The maximum absolute atomic E-state index is 12.8. The van der Waals surface area contributed by atoms with E-state index in [2.05, 4.69) is 11.4 Å². The fourth-order valence-electron chi connectivity index (χ4n) is 2.63. The van der Waals surface area contributed by atoms with E-state index in [0.717, 1.165) is 16.8 Å². The van der Waals surface area contributed by atoms with Crippen molar-refractivity contribution >= 4 is 17.5 Å². The van der Waals surface area contributed by atoms with Crippen molar-refractivity contribution in [1.82, 2.24) is 5.32 Å². The first-order valence-corrected chi connectivity index (χ1v) is 7.07. The van der Waals surface area contributed by atoms with Crippen LogP contribution in [-0.2, 0) is 9.59 Å². The molecule has 0 radical (unpaired) electrons. The van der Waals surface area contributed by atoms with Crippen molar-refractivity contribution in [2.24, 2.45) is 0 Å². The van der Waals surface area contributed by atoms with Gasteiger partial charge in [0.05, 0.1) is 0 Å². The lowest BCUT2D eigenvalue weighted by molar-refractivity contribution is -0.129. The number of amides is 2. The lowest BCUT2D eigenvalue weighted by atomic mass is 9.96. The number of rotatable bonds is 2. The largest absolute Gasteiger partial charge is 0.342 e. The summed E-state index contributed by atoms with van der Waals surface area (Å²) in [5.41, 5.74) is 2.30. The SMILES string of the molecule is CCC1(C)NC(=O)CCN(c2cc(C)cc(C)c2)C1=O. The number of anilines is 1. The van der Waals surface area contributed by atoms with Crippen molar-refractivity contribution in [2.45, 2.75) is 46.1 Å². The van der Waals surface area contributed by atoms with Crippen molar-refractivity contribution in [3.63, 3.8) is 0 Å². The number of aryl methyl sites for hydroxylation is 2. The number of nitrogens with zero attached hydrogens (tertiary/aromatic N) is 1. The van der Waals surface area contributed by atoms with Crippen LogP contribution in [0.4, 0.5) is 5.69 Å². The second-order valence-electron chi connectivity index (χ2n) is 5.79. The lowest BCUT2D eigenvalue weighted by Gasteiger charge is -2.31. The van der Waals surface area contributed by atoms with Crippen LogP contribution in [0.2, 0.25) is 0 Å². The van der Waals surface area contributed by atoms with Gasteiger partial charge in [-0.1, -0.05) is 13.0 Å². The molecule has 0 aliphatic carbocycles. The number of hydrogen-bond acceptors (Lipinski definition) is 2. The van der Waals surface area contributed by atoms with Crippen LogP contribution in [0, 0.1) is 13.8 Å². The average Bonchev–Trinajstić information content (AvgIpc) is 2.47. The molecular weight excluding hydrogens is 252 g/mol. The van der Waals surface area contributed by atoms with Gasteiger partial charge in [-0.25, -0.2) is 0 Å². The Balaban J connectivity index is 2.43. The van der Waals surface area contributed by atoms with Crippen LogP contribution in [0.1, 0.15) is 37.8 Å². The smallest absolute Gasteiger partial charge is 0.252 e. The van der Waals surface area contributed by atoms with Crippen molar-refractivity contribution in [3.05, 3.63) is 29.3 Å². The van der Waals surface area contributed by atoms with Crippen molar-refractivity contribution < 1.29 is 9.59 Å². The summed E-state index contributed by atoms with van der Waals surface area (Å²) in [5.74, 6) is -0.0922. The molecule has 0 saturated carbocycles. The fourth-order valence-corrected chi connectivity index (χ4v) is 2.63. The molecule has 108 valence electrons. The van der Waals surface area contributed by atoms with Crippen molar-refractivity contribution in [3.8, 4) is 0 Å². The number of nitrogens with one attached hydrogen (secondary N) is 1. The number of benzene rings is 1. The van der Waals surface area contributed by atoms with E-state index < -0.39 is 5.54 Å². The van der Waals surface area contributed by atoms with E-state index >= 15 is 0 Å². The Bertz CT molecular complexity index is 533. The molecule has 0 aromatic heterocycles. The molecule has 1 unspecified atom stereocenters. The molecule has 1 aliphatic rings. The summed E-state index contributed by atoms with van der Waals surface area (Å²) in [5, 5.41) is 2.85. The highest BCUT2D eigenvalue weighted by Gasteiger charge is 2.39. The van der Waals surface area contributed by atoms with Crippen LogP contribution in [0.3, 0.4) is 0 Å². The molecule has 1 saturated heterocycles. The fraction of sp³-hybridized carbons (Fsp3) is 0.500. The molecule has 2 amide bonds. The summed E-state index contributed by atoms with van der Waals surface area (Å²) in [6.45, 7) is 8.18. The van der Waals surface area contributed by atoms with Gasteiger partial charge < -0.3 is 10.2 Å². The predicted octanol–water partition coefficient (Wildman–Crippen LogP) is 2.33. The third kappa shape index (κ3) is 2.69. The van der Waals surface area contributed by atoms with Crippen molar-refractivity contribution in [2.75, 3.05) is 11.4 Å². The van der Waals surface area contributed by atoms with Gasteiger partial charge >= 0.3 is 0 Å². The minimum absolute atomic E-state index is 0.0316. The van der Waals surface area contributed by atoms with Gasteiger partial charge in [-0.2, -0.15) is 0 Å². The molecule has 20 heavy (non-hydrogen) atoms. The maximum atomic E-state index is 12.8. The van der Waals surface area contributed by atoms with Gasteiger partial charge in [0.15, 0.2) is 0 Å². The van der Waals surface area contributed by atoms with E-state index in [4.69, 9.17) is 0 Å². The van der Waals surface area contributed by atoms with E-state index in [0.29, 0.717) is 19.4 Å². The van der Waals surface area contributed by atoms with E-state index in [-0.39, 0.29) is 11.8 Å². The quantitative estimate of drug-likeness (QED) is 0.899. The number of carbonyl (C=O) groups excluding carboxylic acids is 2. The first-order chi connectivity index (χ1) is 9.35. The zero-order valence-corrected chi connectivity index (χ0v) is 12.6. The molecule has 4 nitrogen and oxygen atoms in total. The first-order valence-electron chi connectivity index (χ1n) is 7.07. The highest BCUT2D eigenvalue weighted by atomic mass is 16.2. The van der Waals surface area contributed by atoms with E-state index in [1.807, 2.05) is 32.9 Å². The highest BCUT2D eigenvalue weighted by molar-refractivity contribution is 6.04. The molecule has 1 aliphatic heterocycles. The Morgan fingerprint density at radius 3 is 2.35 bits per heavy atom. The summed E-state index contributed by atoms with van der Waals surface area (Å²) in [6, 6.07) is 6.07. The maximum Gasteiger partial charge on any atom is 0.252 e. The van der Waals surface area contributed by atoms with Crippen LogP contribution < -0.4 is 10.2 Å². The molecule has 1 aromatic carbocycles. The summed E-state index contributed by atoms with van der Waals surface area (Å²) in [6.07, 6.45) is 0.924. The van der Waals surface area contributed by atoms with Crippen LogP contribution in [0.25, 0.3) is 0 Å². The van der Waals surface area contributed by atoms with Crippen molar-refractivity contribution in [1.29, 1.82) is 0 Å². The normalized spacial score (nSPS) is 23.5. The Kier molecular flexibility index (Phi) is 3.84. The van der Waals surface area contributed by atoms with Crippen LogP contribution >= 0.6 is 0 Å². The van der Waals surface area contributed by atoms with Gasteiger partial charge in [0, 0.05) is 18.7 Å². The summed E-state index contributed by atoms with van der Waals surface area (Å²) in [4.78, 5) is 26.3. The van der Waals surface area contributed by atoms with E-state index in [1.54, 1.807) is 11.8 Å². The average molecular weight is 274 g/mol. The van der Waals surface area contributed by atoms with Crippen LogP contribution in [-0.4, -0.2) is 23.9 Å². The Labute approximate surface area is 120 Å². The summed E-state index contributed by atoms with van der Waals surface area (Å²) < 4.78 is 0. The lowest BCUT2D eigenvalue weighted by Crippen LogP contribution is -2.54. The summed E-state index contributed by atoms with van der Waals surface area (Å²) >= 11 is 0. The minimum atomic E-state index is -0.814. The van der Waals surface area contributed by atoms with Crippen LogP contribution in [0.5, 0.6) is 0 Å². The van der Waals surface area contributed by atoms with Gasteiger partial charge in [0.2, 0.25) is 5.91 Å². The molecule has 0 spiro atoms. The highest BCUT2D eigenvalue weighted by Crippen LogP contribution is 2.25. The topological polar surface area (TPSA) is 49.4 Å². The van der Waals surface area contributed by atoms with Gasteiger partial charge in [0.25, 0.3) is 5.91 Å². The molecule has 4 heteroatoms. The first kappa shape index (κ1) is 14.6. The van der Waals surface area contributed by atoms with Gasteiger partial charge in [-0.15, -0.1) is 0 Å². The van der Waals surface area contributed by atoms with Gasteiger partial charge in [-0.05, 0) is 50.5 Å². The molecule has 1 fully saturated rings. The standard InChI is InChI=1S/C16H22N2O2/c1-5-16(4)15(20)18(7-6-14(19)17-16)13-9-11(2)8-12(3)10-13/h8-10H,5-7H2,1-4H3,(H,17,19). The third-order valence-electron chi connectivity index (χ3n) is 3.92. The zero-order chi connectivity index (χ0) is 14.9. The van der Waals surface area contributed by atoms with Gasteiger partial charge in [0.1, 0.15) is 5.54 Å². The van der Waals surface area contributed by atoms with E-state index in [1.165, 1.54) is 0 Å². The number of carbonyl (C=O) groups is 2. The predicted molar refractivity (Wildman–Crippen MR) is 79.7 cm³/mol. The van der Waals surface area contributed by atoms with Crippen LogP contribution in [0.15, 0.2) is 18.2 Å². The minimum Gasteiger partial charge on any atom is -0.342 e. The summed E-state index contributed by atoms with van der Waals surface area (Å²) in [7, 11) is 0. The third-order valence-corrected chi connectivity index (χ3v) is 3.92. The zero-order valence-electron chi connectivity index (χ0n) is 12.6. The molecule has 1 N–H and O–H groups in total. The number of hydrogen-bond donors (Lipinski definition) is 1. The molecular formula is C16H22N2O2.